The highest BCUT2D eigenvalue weighted by Crippen LogP contribution is 2.43. The first-order chi connectivity index (χ1) is 14.7. The second-order valence-electron chi connectivity index (χ2n) is 7.65. The van der Waals surface area contributed by atoms with Crippen LogP contribution in [-0.2, 0) is 5.92 Å². The lowest BCUT2D eigenvalue weighted by atomic mass is 9.77. The van der Waals surface area contributed by atoms with E-state index in [1.54, 1.807) is 30.3 Å². The predicted molar refractivity (Wildman–Crippen MR) is 123 cm³/mol. The van der Waals surface area contributed by atoms with Gasteiger partial charge in [-0.2, -0.15) is 8.78 Å². The van der Waals surface area contributed by atoms with Crippen molar-refractivity contribution in [3.05, 3.63) is 99.3 Å². The maximum absolute atomic E-state index is 14.5. The van der Waals surface area contributed by atoms with Crippen molar-refractivity contribution in [1.82, 2.24) is 0 Å². The Morgan fingerprint density at radius 1 is 1.29 bits per heavy atom. The van der Waals surface area contributed by atoms with Gasteiger partial charge in [0.2, 0.25) is 0 Å². The number of halogens is 4. The van der Waals surface area contributed by atoms with Gasteiger partial charge in [-0.1, -0.05) is 55.0 Å². The minimum absolute atomic E-state index is 0.0503. The molecule has 0 bridgehead atoms. The van der Waals surface area contributed by atoms with Crippen LogP contribution in [0.15, 0.2) is 82.4 Å². The first-order valence-electron chi connectivity index (χ1n) is 10.1. The van der Waals surface area contributed by atoms with Gasteiger partial charge in [0.1, 0.15) is 5.82 Å². The van der Waals surface area contributed by atoms with Crippen LogP contribution in [0.3, 0.4) is 0 Å². The Hall–Kier alpha value is -2.31. The molecule has 6 heteroatoms. The van der Waals surface area contributed by atoms with Crippen LogP contribution < -0.4 is 5.32 Å². The van der Waals surface area contributed by atoms with Gasteiger partial charge in [0, 0.05) is 17.2 Å². The molecular weight excluding hydrogens is 467 g/mol. The maximum atomic E-state index is 14.5. The van der Waals surface area contributed by atoms with E-state index in [1.165, 1.54) is 12.1 Å². The summed E-state index contributed by atoms with van der Waals surface area (Å²) in [6.45, 7) is 7.14. The molecule has 2 aromatic carbocycles. The molecular formula is C25H25BrF3NO. The van der Waals surface area contributed by atoms with Crippen molar-refractivity contribution < 1.29 is 18.3 Å². The molecule has 0 saturated carbocycles. The Labute approximate surface area is 189 Å². The van der Waals surface area contributed by atoms with Crippen LogP contribution in [0.4, 0.5) is 18.9 Å². The summed E-state index contributed by atoms with van der Waals surface area (Å²) in [5.74, 6) is -3.78. The maximum Gasteiger partial charge on any atom is 0.291 e. The molecule has 1 aliphatic carbocycles. The lowest BCUT2D eigenvalue weighted by Gasteiger charge is -2.31. The summed E-state index contributed by atoms with van der Waals surface area (Å²) in [5.41, 5.74) is 3.48. The molecule has 2 nitrogen and oxygen atoms in total. The first kappa shape index (κ1) is 23.4. The van der Waals surface area contributed by atoms with Gasteiger partial charge in [0.15, 0.2) is 6.23 Å². The number of hydrogen-bond donors (Lipinski definition) is 2. The second-order valence-corrected chi connectivity index (χ2v) is 8.50. The molecule has 0 radical (unpaired) electrons. The van der Waals surface area contributed by atoms with Gasteiger partial charge < -0.3 is 10.4 Å². The molecule has 164 valence electrons. The standard InChI is InChI=1S/C25H25BrF3NO/c1-4-16-13-19(18-8-6-7-9-21(18)25(28,29)5-2)15(3)12-20(16)24(31)30-17-10-11-22(26)23(27)14-17/h5-12,14,19,24,30-31H,2,4,13H2,1,3H3. The van der Waals surface area contributed by atoms with Crippen molar-refractivity contribution in [3.63, 3.8) is 0 Å². The highest BCUT2D eigenvalue weighted by molar-refractivity contribution is 9.10. The fourth-order valence-electron chi connectivity index (χ4n) is 3.99. The summed E-state index contributed by atoms with van der Waals surface area (Å²) in [6, 6.07) is 11.1. The third-order valence-electron chi connectivity index (χ3n) is 5.69. The van der Waals surface area contributed by atoms with Gasteiger partial charge in [-0.05, 0) is 71.1 Å². The Bertz CT molecular complexity index is 1040. The monoisotopic (exact) mass is 491 g/mol. The summed E-state index contributed by atoms with van der Waals surface area (Å²) < 4.78 is 43.1. The van der Waals surface area contributed by atoms with Crippen molar-refractivity contribution in [2.75, 3.05) is 5.32 Å². The topological polar surface area (TPSA) is 32.3 Å². The summed E-state index contributed by atoms with van der Waals surface area (Å²) in [5, 5.41) is 13.7. The van der Waals surface area contributed by atoms with E-state index in [0.29, 0.717) is 40.2 Å². The quantitative estimate of drug-likeness (QED) is 0.311. The van der Waals surface area contributed by atoms with Gasteiger partial charge in [0.05, 0.1) is 4.47 Å². The second kappa shape index (κ2) is 9.45. The molecule has 0 amide bonds. The Balaban J connectivity index is 1.92. The van der Waals surface area contributed by atoms with Crippen molar-refractivity contribution >= 4 is 21.6 Å². The van der Waals surface area contributed by atoms with Crippen LogP contribution in [0.2, 0.25) is 0 Å². The zero-order valence-electron chi connectivity index (χ0n) is 17.4. The van der Waals surface area contributed by atoms with Crippen molar-refractivity contribution in [1.29, 1.82) is 0 Å². The molecule has 0 aromatic heterocycles. The van der Waals surface area contributed by atoms with Crippen molar-refractivity contribution in [3.8, 4) is 0 Å². The molecule has 2 aromatic rings. The van der Waals surface area contributed by atoms with E-state index < -0.39 is 18.0 Å². The minimum atomic E-state index is -3.13. The molecule has 0 saturated heterocycles. The average Bonchev–Trinajstić information content (AvgIpc) is 2.76. The summed E-state index contributed by atoms with van der Waals surface area (Å²) in [4.78, 5) is 0. The number of aliphatic hydroxyl groups excluding tert-OH is 1. The first-order valence-corrected chi connectivity index (χ1v) is 10.9. The SMILES string of the molecule is C=CC(F)(F)c1ccccc1C1CC(CC)=C(C(O)Nc2ccc(Br)c(F)c2)C=C1C. The summed E-state index contributed by atoms with van der Waals surface area (Å²) in [6.07, 6.45) is 2.65. The molecule has 0 fully saturated rings. The highest BCUT2D eigenvalue weighted by Gasteiger charge is 2.34. The van der Waals surface area contributed by atoms with E-state index in [-0.39, 0.29) is 11.5 Å². The zero-order chi connectivity index (χ0) is 22.8. The third kappa shape index (κ3) is 4.96. The number of anilines is 1. The molecule has 0 heterocycles. The van der Waals surface area contributed by atoms with Crippen LogP contribution in [-0.4, -0.2) is 11.3 Å². The van der Waals surface area contributed by atoms with Crippen molar-refractivity contribution in [2.24, 2.45) is 0 Å². The molecule has 0 spiro atoms. The number of allylic oxidation sites excluding steroid dienone is 3. The summed E-state index contributed by atoms with van der Waals surface area (Å²) in [7, 11) is 0. The summed E-state index contributed by atoms with van der Waals surface area (Å²) >= 11 is 3.11. The largest absolute Gasteiger partial charge is 0.369 e. The lowest BCUT2D eigenvalue weighted by molar-refractivity contribution is 0.0513. The predicted octanol–water partition coefficient (Wildman–Crippen LogP) is 7.44. The number of benzene rings is 2. The number of rotatable bonds is 7. The van der Waals surface area contributed by atoms with E-state index in [1.807, 2.05) is 19.9 Å². The number of aliphatic hydroxyl groups is 1. The average molecular weight is 492 g/mol. The van der Waals surface area contributed by atoms with Gasteiger partial charge >= 0.3 is 0 Å². The molecule has 2 atom stereocenters. The third-order valence-corrected chi connectivity index (χ3v) is 6.33. The highest BCUT2D eigenvalue weighted by atomic mass is 79.9. The molecule has 2 N–H and O–H groups in total. The lowest BCUT2D eigenvalue weighted by Crippen LogP contribution is -2.25. The number of alkyl halides is 2. The molecule has 31 heavy (non-hydrogen) atoms. The molecule has 2 unspecified atom stereocenters. The molecule has 3 rings (SSSR count). The van der Waals surface area contributed by atoms with Gasteiger partial charge in [0.25, 0.3) is 5.92 Å². The van der Waals surface area contributed by atoms with Gasteiger partial charge in [-0.25, -0.2) is 4.39 Å². The van der Waals surface area contributed by atoms with Crippen LogP contribution in [0.5, 0.6) is 0 Å². The van der Waals surface area contributed by atoms with E-state index >= 15 is 0 Å². The van der Waals surface area contributed by atoms with Crippen LogP contribution in [0, 0.1) is 5.82 Å². The number of nitrogens with one attached hydrogen (secondary N) is 1. The van der Waals surface area contributed by atoms with Crippen molar-refractivity contribution in [2.45, 2.75) is 44.8 Å². The molecule has 1 aliphatic rings. The smallest absolute Gasteiger partial charge is 0.291 e. The Morgan fingerprint density at radius 2 is 2.00 bits per heavy atom. The fourth-order valence-corrected chi connectivity index (χ4v) is 4.23. The number of hydrogen-bond acceptors (Lipinski definition) is 2. The Morgan fingerprint density at radius 3 is 2.65 bits per heavy atom. The van der Waals surface area contributed by atoms with Crippen LogP contribution >= 0.6 is 15.9 Å². The minimum Gasteiger partial charge on any atom is -0.369 e. The van der Waals surface area contributed by atoms with E-state index in [2.05, 4.69) is 27.8 Å². The van der Waals surface area contributed by atoms with Gasteiger partial charge in [-0.3, -0.25) is 0 Å². The van der Waals surface area contributed by atoms with E-state index in [4.69, 9.17) is 0 Å². The fraction of sp³-hybridized carbons (Fsp3) is 0.280. The van der Waals surface area contributed by atoms with E-state index in [9.17, 15) is 18.3 Å². The van der Waals surface area contributed by atoms with Gasteiger partial charge in [-0.15, -0.1) is 0 Å². The Kier molecular flexibility index (Phi) is 7.12. The van der Waals surface area contributed by atoms with E-state index in [0.717, 1.165) is 11.1 Å². The normalized spacial score (nSPS) is 17.9. The zero-order valence-corrected chi connectivity index (χ0v) is 19.0. The molecule has 0 aliphatic heterocycles. The van der Waals surface area contributed by atoms with Crippen LogP contribution in [0.1, 0.15) is 43.7 Å². The van der Waals surface area contributed by atoms with Crippen LogP contribution in [0.25, 0.3) is 0 Å².